The third kappa shape index (κ3) is 4.21. The lowest BCUT2D eigenvalue weighted by atomic mass is 9.82. The van der Waals surface area contributed by atoms with E-state index >= 15 is 0 Å². The molecule has 0 aromatic heterocycles. The maximum atomic E-state index is 13.4. The van der Waals surface area contributed by atoms with Gasteiger partial charge in [0, 0.05) is 36.2 Å². The van der Waals surface area contributed by atoms with E-state index in [2.05, 4.69) is 5.32 Å². The van der Waals surface area contributed by atoms with Crippen LogP contribution in [0.5, 0.6) is 11.5 Å². The Bertz CT molecular complexity index is 1390. The molecule has 170 valence electrons. The van der Waals surface area contributed by atoms with Crippen molar-refractivity contribution in [2.45, 2.75) is 20.8 Å². The molecule has 0 spiro atoms. The molecule has 34 heavy (non-hydrogen) atoms. The molecular weight excluding hydrogens is 438 g/mol. The Balaban J connectivity index is 1.84. The maximum absolute atomic E-state index is 13.4. The molecule has 0 fully saturated rings. The number of anilines is 1. The van der Waals surface area contributed by atoms with E-state index in [-0.39, 0.29) is 39.3 Å². The minimum atomic E-state index is -0.738. The van der Waals surface area contributed by atoms with E-state index in [0.717, 1.165) is 12.5 Å². The van der Waals surface area contributed by atoms with Gasteiger partial charge in [-0.2, -0.15) is 0 Å². The molecule has 0 radical (unpaired) electrons. The Morgan fingerprint density at radius 2 is 1.35 bits per heavy atom. The lowest BCUT2D eigenvalue weighted by molar-refractivity contribution is -0.132. The summed E-state index contributed by atoms with van der Waals surface area (Å²) >= 11 is 0. The van der Waals surface area contributed by atoms with Crippen molar-refractivity contribution < 1.29 is 33.4 Å². The standard InChI is InChI=1S/C26H19NO7/c1-13-7-9-17(10-8-13)27-26(32)16-11-19-23(21(12-16)34-15(3)29)25(31)22-18(24(19)30)5-4-6-20(22)33-14(2)28/h4-12H,1-3H3,(H,27,32). The van der Waals surface area contributed by atoms with Crippen molar-refractivity contribution in [3.63, 3.8) is 0 Å². The molecule has 4 rings (SSSR count). The summed E-state index contributed by atoms with van der Waals surface area (Å²) in [7, 11) is 0. The normalized spacial score (nSPS) is 11.9. The Hall–Kier alpha value is -4.59. The summed E-state index contributed by atoms with van der Waals surface area (Å²) < 4.78 is 10.3. The van der Waals surface area contributed by atoms with Gasteiger partial charge in [0.2, 0.25) is 5.78 Å². The highest BCUT2D eigenvalue weighted by molar-refractivity contribution is 6.31. The Labute approximate surface area is 194 Å². The third-order valence-electron chi connectivity index (χ3n) is 5.15. The van der Waals surface area contributed by atoms with Crippen LogP contribution in [0.3, 0.4) is 0 Å². The number of esters is 2. The summed E-state index contributed by atoms with van der Waals surface area (Å²) in [6, 6.07) is 13.9. The fourth-order valence-corrected chi connectivity index (χ4v) is 3.70. The molecule has 0 heterocycles. The SMILES string of the molecule is CC(=O)Oc1cccc2c1C(=O)c1c(OC(C)=O)cc(C(=O)Nc3ccc(C)cc3)cc1C2=O. The quantitative estimate of drug-likeness (QED) is 0.365. The summed E-state index contributed by atoms with van der Waals surface area (Å²) in [6.07, 6.45) is 0. The molecule has 8 heteroatoms. The van der Waals surface area contributed by atoms with Crippen LogP contribution in [0.25, 0.3) is 0 Å². The largest absolute Gasteiger partial charge is 0.426 e. The van der Waals surface area contributed by atoms with Crippen molar-refractivity contribution in [3.05, 3.63) is 88.0 Å². The lowest BCUT2D eigenvalue weighted by Crippen LogP contribution is -2.25. The van der Waals surface area contributed by atoms with Crippen LogP contribution in [0.2, 0.25) is 0 Å². The summed E-state index contributed by atoms with van der Waals surface area (Å²) in [6.45, 7) is 4.22. The van der Waals surface area contributed by atoms with Crippen molar-refractivity contribution in [3.8, 4) is 11.5 Å². The first kappa shape index (κ1) is 22.6. The fourth-order valence-electron chi connectivity index (χ4n) is 3.70. The number of benzene rings is 3. The van der Waals surface area contributed by atoms with Gasteiger partial charge in [0.1, 0.15) is 11.5 Å². The number of hydrogen-bond acceptors (Lipinski definition) is 7. The van der Waals surface area contributed by atoms with Gasteiger partial charge in [0.25, 0.3) is 5.91 Å². The van der Waals surface area contributed by atoms with Crippen LogP contribution >= 0.6 is 0 Å². The average Bonchev–Trinajstić information content (AvgIpc) is 2.77. The first-order chi connectivity index (χ1) is 16.2. The Kier molecular flexibility index (Phi) is 5.81. The van der Waals surface area contributed by atoms with Crippen LogP contribution in [0.15, 0.2) is 54.6 Å². The lowest BCUT2D eigenvalue weighted by Gasteiger charge is -2.22. The van der Waals surface area contributed by atoms with Crippen LogP contribution in [0, 0.1) is 6.92 Å². The van der Waals surface area contributed by atoms with Gasteiger partial charge in [-0.15, -0.1) is 0 Å². The molecule has 3 aromatic rings. The van der Waals surface area contributed by atoms with Gasteiger partial charge in [-0.3, -0.25) is 24.0 Å². The topological polar surface area (TPSA) is 116 Å². The summed E-state index contributed by atoms with van der Waals surface area (Å²) in [5.41, 5.74) is 1.20. The summed E-state index contributed by atoms with van der Waals surface area (Å²) in [5.74, 6) is -3.51. The van der Waals surface area contributed by atoms with E-state index < -0.39 is 29.4 Å². The molecule has 0 saturated carbocycles. The van der Waals surface area contributed by atoms with Gasteiger partial charge < -0.3 is 14.8 Å². The second-order valence-corrected chi connectivity index (χ2v) is 7.74. The zero-order valence-corrected chi connectivity index (χ0v) is 18.6. The molecule has 0 aliphatic heterocycles. The van der Waals surface area contributed by atoms with E-state index in [1.165, 1.54) is 37.3 Å². The fraction of sp³-hybridized carbons (Fsp3) is 0.115. The van der Waals surface area contributed by atoms with Crippen LogP contribution in [0.1, 0.15) is 61.6 Å². The highest BCUT2D eigenvalue weighted by Crippen LogP contribution is 2.38. The number of carbonyl (C=O) groups is 5. The zero-order chi connectivity index (χ0) is 24.6. The Morgan fingerprint density at radius 3 is 2.00 bits per heavy atom. The number of rotatable bonds is 4. The number of aryl methyl sites for hydroxylation is 1. The van der Waals surface area contributed by atoms with Gasteiger partial charge >= 0.3 is 11.9 Å². The van der Waals surface area contributed by atoms with Crippen molar-refractivity contribution in [2.75, 3.05) is 5.32 Å². The number of nitrogens with one attached hydrogen (secondary N) is 1. The van der Waals surface area contributed by atoms with E-state index in [1.54, 1.807) is 12.1 Å². The summed E-state index contributed by atoms with van der Waals surface area (Å²) in [4.78, 5) is 63.0. The number of amides is 1. The molecule has 1 N–H and O–H groups in total. The molecule has 3 aromatic carbocycles. The molecule has 1 aliphatic carbocycles. The predicted octanol–water partition coefficient (Wildman–Crippen LogP) is 3.87. The highest BCUT2D eigenvalue weighted by Gasteiger charge is 2.36. The average molecular weight is 457 g/mol. The predicted molar refractivity (Wildman–Crippen MR) is 121 cm³/mol. The van der Waals surface area contributed by atoms with Crippen LogP contribution < -0.4 is 14.8 Å². The van der Waals surface area contributed by atoms with Crippen molar-refractivity contribution in [1.82, 2.24) is 0 Å². The molecule has 1 aliphatic rings. The van der Waals surface area contributed by atoms with Crippen LogP contribution in [-0.2, 0) is 9.59 Å². The van der Waals surface area contributed by atoms with Crippen LogP contribution in [0.4, 0.5) is 5.69 Å². The van der Waals surface area contributed by atoms with Gasteiger partial charge in [0.15, 0.2) is 5.78 Å². The minimum Gasteiger partial charge on any atom is -0.426 e. The Morgan fingerprint density at radius 1 is 0.735 bits per heavy atom. The van der Waals surface area contributed by atoms with Gasteiger partial charge in [-0.05, 0) is 37.3 Å². The first-order valence-corrected chi connectivity index (χ1v) is 10.3. The molecule has 8 nitrogen and oxygen atoms in total. The number of carbonyl (C=O) groups excluding carboxylic acids is 5. The second-order valence-electron chi connectivity index (χ2n) is 7.74. The van der Waals surface area contributed by atoms with Crippen LogP contribution in [-0.4, -0.2) is 29.4 Å². The minimum absolute atomic E-state index is 0.0149. The number of ketones is 2. The molecule has 0 unspecified atom stereocenters. The zero-order valence-electron chi connectivity index (χ0n) is 18.6. The van der Waals surface area contributed by atoms with E-state index in [9.17, 15) is 24.0 Å². The van der Waals surface area contributed by atoms with Crippen molar-refractivity contribution >= 4 is 35.1 Å². The molecule has 0 atom stereocenters. The molecule has 1 amide bonds. The number of ether oxygens (including phenoxy) is 2. The number of hydrogen-bond donors (Lipinski definition) is 1. The molecule has 0 bridgehead atoms. The van der Waals surface area contributed by atoms with Gasteiger partial charge in [-0.25, -0.2) is 0 Å². The van der Waals surface area contributed by atoms with E-state index in [0.29, 0.717) is 5.69 Å². The van der Waals surface area contributed by atoms with Gasteiger partial charge in [0.05, 0.1) is 11.1 Å². The monoisotopic (exact) mass is 457 g/mol. The third-order valence-corrected chi connectivity index (χ3v) is 5.15. The second kappa shape index (κ2) is 8.74. The van der Waals surface area contributed by atoms with Crippen molar-refractivity contribution in [1.29, 1.82) is 0 Å². The van der Waals surface area contributed by atoms with Gasteiger partial charge in [-0.1, -0.05) is 29.8 Å². The van der Waals surface area contributed by atoms with Crippen molar-refractivity contribution in [2.24, 2.45) is 0 Å². The summed E-state index contributed by atoms with van der Waals surface area (Å²) in [5, 5.41) is 2.72. The number of fused-ring (bicyclic) bond motifs is 2. The first-order valence-electron chi connectivity index (χ1n) is 10.3. The van der Waals surface area contributed by atoms with E-state index in [1.807, 2.05) is 19.1 Å². The molecule has 0 saturated heterocycles. The molecular formula is C26H19NO7. The smallest absolute Gasteiger partial charge is 0.308 e. The maximum Gasteiger partial charge on any atom is 0.308 e. The van der Waals surface area contributed by atoms with E-state index in [4.69, 9.17) is 9.47 Å². The highest BCUT2D eigenvalue weighted by atomic mass is 16.5.